The number of alkyl carbamates (subject to hydrolysis) is 1. The number of nitrogens with one attached hydrogen (secondary N) is 1. The molecule has 0 spiro atoms. The molecule has 2 aromatic rings. The summed E-state index contributed by atoms with van der Waals surface area (Å²) in [6.07, 6.45) is 4.99. The van der Waals surface area contributed by atoms with Gasteiger partial charge < -0.3 is 24.3 Å². The van der Waals surface area contributed by atoms with E-state index in [0.717, 1.165) is 31.2 Å². The third-order valence-corrected chi connectivity index (χ3v) is 7.33. The summed E-state index contributed by atoms with van der Waals surface area (Å²) < 4.78 is 21.3. The Hall–Kier alpha value is -3.22. The van der Waals surface area contributed by atoms with E-state index in [2.05, 4.69) is 18.3 Å². The topological polar surface area (TPSA) is 83.1 Å². The maximum atomic E-state index is 12.9. The lowest BCUT2D eigenvalue weighted by atomic mass is 9.59. The molecule has 1 saturated carbocycles. The van der Waals surface area contributed by atoms with E-state index in [1.807, 2.05) is 42.5 Å². The number of hydrogen-bond acceptors (Lipinski definition) is 6. The summed E-state index contributed by atoms with van der Waals surface area (Å²) in [5.74, 6) is 0.964. The Morgan fingerprint density at radius 3 is 2.64 bits per heavy atom. The number of hydrogen-bond donors (Lipinski definition) is 1. The summed E-state index contributed by atoms with van der Waals surface area (Å²) in [4.78, 5) is 24.6. The summed E-state index contributed by atoms with van der Waals surface area (Å²) in [5, 5.41) is 3.25. The van der Waals surface area contributed by atoms with Crippen LogP contribution < -0.4 is 10.1 Å². The van der Waals surface area contributed by atoms with Gasteiger partial charge in [0.25, 0.3) is 0 Å². The SMILES string of the molecule is CC(C)OC(=O)OCOc1ccc2c(c1)[C@@]1(C)CCCCC[C@@H](C2)[C@@H]1NC(=O)OCc1ccccc1. The molecule has 194 valence electrons. The first-order valence-corrected chi connectivity index (χ1v) is 12.9. The minimum absolute atomic E-state index is 0.0407. The summed E-state index contributed by atoms with van der Waals surface area (Å²) in [6, 6.07) is 15.7. The van der Waals surface area contributed by atoms with Crippen LogP contribution in [0.25, 0.3) is 0 Å². The average molecular weight is 496 g/mol. The van der Waals surface area contributed by atoms with Crippen molar-refractivity contribution in [2.45, 2.75) is 83.5 Å². The van der Waals surface area contributed by atoms with Gasteiger partial charge >= 0.3 is 12.2 Å². The Kier molecular flexibility index (Phi) is 8.39. The third-order valence-electron chi connectivity index (χ3n) is 7.33. The van der Waals surface area contributed by atoms with E-state index in [0.29, 0.717) is 11.7 Å². The molecule has 0 heterocycles. The van der Waals surface area contributed by atoms with Crippen molar-refractivity contribution < 1.29 is 28.5 Å². The number of carbonyl (C=O) groups excluding carboxylic acids is 2. The first kappa shape index (κ1) is 25.9. The molecule has 0 aromatic heterocycles. The van der Waals surface area contributed by atoms with Crippen LogP contribution in [0.5, 0.6) is 5.75 Å². The highest BCUT2D eigenvalue weighted by Crippen LogP contribution is 2.47. The van der Waals surface area contributed by atoms with Crippen LogP contribution in [0.1, 0.15) is 69.6 Å². The predicted molar refractivity (Wildman–Crippen MR) is 136 cm³/mol. The highest BCUT2D eigenvalue weighted by Gasteiger charge is 2.46. The van der Waals surface area contributed by atoms with Gasteiger partial charge in [0.2, 0.25) is 6.79 Å². The second-order valence-corrected chi connectivity index (χ2v) is 10.3. The molecule has 2 aromatic carbocycles. The van der Waals surface area contributed by atoms with Crippen LogP contribution in [0, 0.1) is 5.92 Å². The Morgan fingerprint density at radius 1 is 1.06 bits per heavy atom. The van der Waals surface area contributed by atoms with Gasteiger partial charge in [-0.05, 0) is 67.9 Å². The number of benzene rings is 2. The summed E-state index contributed by atoms with van der Waals surface area (Å²) in [6.45, 7) is 5.78. The minimum atomic E-state index is -0.754. The van der Waals surface area contributed by atoms with Gasteiger partial charge in [0.15, 0.2) is 0 Å². The molecule has 2 aliphatic carbocycles. The van der Waals surface area contributed by atoms with Gasteiger partial charge in [-0.1, -0.05) is 62.6 Å². The first-order chi connectivity index (χ1) is 17.3. The maximum Gasteiger partial charge on any atom is 0.511 e. The number of fused-ring (bicyclic) bond motifs is 4. The molecule has 0 aliphatic heterocycles. The molecule has 1 amide bonds. The zero-order valence-electron chi connectivity index (χ0n) is 21.5. The van der Waals surface area contributed by atoms with E-state index in [1.165, 1.54) is 24.0 Å². The zero-order valence-corrected chi connectivity index (χ0v) is 21.5. The van der Waals surface area contributed by atoms with Crippen molar-refractivity contribution >= 4 is 12.2 Å². The Morgan fingerprint density at radius 2 is 1.86 bits per heavy atom. The van der Waals surface area contributed by atoms with Crippen LogP contribution in [-0.2, 0) is 32.7 Å². The largest absolute Gasteiger partial charge is 0.511 e. The predicted octanol–water partition coefficient (Wildman–Crippen LogP) is 6.27. The molecule has 3 atom stereocenters. The van der Waals surface area contributed by atoms with Gasteiger partial charge in [-0.15, -0.1) is 0 Å². The van der Waals surface area contributed by atoms with Crippen LogP contribution >= 0.6 is 0 Å². The lowest BCUT2D eigenvalue weighted by Gasteiger charge is -2.49. The lowest BCUT2D eigenvalue weighted by Crippen LogP contribution is -2.57. The second-order valence-electron chi connectivity index (χ2n) is 10.3. The van der Waals surface area contributed by atoms with Crippen LogP contribution in [0.15, 0.2) is 48.5 Å². The van der Waals surface area contributed by atoms with Gasteiger partial charge in [0.1, 0.15) is 12.4 Å². The van der Waals surface area contributed by atoms with Gasteiger partial charge in [-0.2, -0.15) is 0 Å². The first-order valence-electron chi connectivity index (χ1n) is 12.9. The van der Waals surface area contributed by atoms with Crippen LogP contribution in [0.2, 0.25) is 0 Å². The highest BCUT2D eigenvalue weighted by molar-refractivity contribution is 5.68. The second kappa shape index (κ2) is 11.7. The van der Waals surface area contributed by atoms with Crippen molar-refractivity contribution in [3.8, 4) is 5.75 Å². The van der Waals surface area contributed by atoms with Crippen molar-refractivity contribution in [3.05, 3.63) is 65.2 Å². The normalized spacial score (nSPS) is 23.0. The van der Waals surface area contributed by atoms with Crippen molar-refractivity contribution in [3.63, 3.8) is 0 Å². The monoisotopic (exact) mass is 495 g/mol. The molecule has 1 fully saturated rings. The molecular weight excluding hydrogens is 458 g/mol. The van der Waals surface area contributed by atoms with Crippen molar-refractivity contribution in [1.29, 1.82) is 0 Å². The number of carbonyl (C=O) groups is 2. The molecule has 2 bridgehead atoms. The fourth-order valence-corrected chi connectivity index (χ4v) is 5.62. The molecule has 4 rings (SSSR count). The van der Waals surface area contributed by atoms with E-state index in [9.17, 15) is 9.59 Å². The number of ether oxygens (including phenoxy) is 4. The van der Waals surface area contributed by atoms with E-state index in [1.54, 1.807) is 13.8 Å². The summed E-state index contributed by atoms with van der Waals surface area (Å²) >= 11 is 0. The minimum Gasteiger partial charge on any atom is -0.457 e. The van der Waals surface area contributed by atoms with E-state index >= 15 is 0 Å². The van der Waals surface area contributed by atoms with Crippen molar-refractivity contribution in [1.82, 2.24) is 5.32 Å². The maximum absolute atomic E-state index is 12.9. The fourth-order valence-electron chi connectivity index (χ4n) is 5.62. The van der Waals surface area contributed by atoms with Gasteiger partial charge in [0.05, 0.1) is 6.10 Å². The molecular formula is C29H37NO6. The number of rotatable bonds is 7. The molecule has 0 radical (unpaired) electrons. The Balaban J connectivity index is 1.49. The van der Waals surface area contributed by atoms with E-state index in [4.69, 9.17) is 18.9 Å². The van der Waals surface area contributed by atoms with E-state index in [-0.39, 0.29) is 37.1 Å². The highest BCUT2D eigenvalue weighted by atomic mass is 16.8. The van der Waals surface area contributed by atoms with E-state index < -0.39 is 6.16 Å². The van der Waals surface area contributed by atoms with Gasteiger partial charge in [-0.25, -0.2) is 9.59 Å². The summed E-state index contributed by atoms with van der Waals surface area (Å²) in [5.41, 5.74) is 3.16. The molecule has 7 nitrogen and oxygen atoms in total. The van der Waals surface area contributed by atoms with Crippen LogP contribution in [0.3, 0.4) is 0 Å². The van der Waals surface area contributed by atoms with Crippen molar-refractivity contribution in [2.24, 2.45) is 5.92 Å². The zero-order chi connectivity index (χ0) is 25.5. The third kappa shape index (κ3) is 6.31. The Bertz CT molecular complexity index is 1040. The van der Waals surface area contributed by atoms with Crippen molar-refractivity contribution in [2.75, 3.05) is 6.79 Å². The molecule has 2 aliphatic rings. The lowest BCUT2D eigenvalue weighted by molar-refractivity contribution is -0.00825. The fraction of sp³-hybridized carbons (Fsp3) is 0.517. The van der Waals surface area contributed by atoms with Crippen LogP contribution in [-0.4, -0.2) is 31.2 Å². The molecule has 0 unspecified atom stereocenters. The number of amides is 1. The smallest absolute Gasteiger partial charge is 0.457 e. The molecule has 7 heteroatoms. The summed E-state index contributed by atoms with van der Waals surface area (Å²) in [7, 11) is 0. The standard InChI is InChI=1S/C29H37NO6/c1-20(2)36-28(32)35-19-34-24-14-13-22-16-23-12-8-5-9-15-29(3,25(22)17-24)26(23)30-27(31)33-18-21-10-6-4-7-11-21/h4,6-7,10-11,13-14,17,20,23,26H,5,8-9,12,15-16,18-19H2,1-3H3,(H,30,31)/t23-,26-,29+/m0/s1. The van der Waals surface area contributed by atoms with Gasteiger partial charge in [-0.3, -0.25) is 0 Å². The van der Waals surface area contributed by atoms with Gasteiger partial charge in [0, 0.05) is 11.5 Å². The average Bonchev–Trinajstić information content (AvgIpc) is 2.85. The van der Waals surface area contributed by atoms with Crippen LogP contribution in [0.4, 0.5) is 9.59 Å². The molecule has 36 heavy (non-hydrogen) atoms. The quantitative estimate of drug-likeness (QED) is 0.360. The molecule has 1 N–H and O–H groups in total. The molecule has 0 saturated heterocycles. The Labute approximate surface area is 213 Å².